The lowest BCUT2D eigenvalue weighted by atomic mass is 9.92. The molecule has 0 aromatic heterocycles. The normalized spacial score (nSPS) is 23.0. The van der Waals surface area contributed by atoms with Crippen molar-refractivity contribution >= 4 is 0 Å². The van der Waals surface area contributed by atoms with Gasteiger partial charge in [-0.25, -0.2) is 4.39 Å². The summed E-state index contributed by atoms with van der Waals surface area (Å²) in [6, 6.07) is 20.5. The van der Waals surface area contributed by atoms with Crippen LogP contribution in [0.25, 0.3) is 0 Å². The highest BCUT2D eigenvalue weighted by atomic mass is 19.1. The Labute approximate surface area is 113 Å². The molecule has 1 saturated heterocycles. The first-order valence-corrected chi connectivity index (χ1v) is 6.79. The largest absolute Gasteiger partial charge is 0.290 e. The highest BCUT2D eigenvalue weighted by Gasteiger charge is 2.38. The Kier molecular flexibility index (Phi) is 3.60. The molecule has 2 atom stereocenters. The molecule has 0 saturated carbocycles. The Morgan fingerprint density at radius 2 is 1.47 bits per heavy atom. The van der Waals surface area contributed by atoms with E-state index in [1.165, 1.54) is 11.1 Å². The van der Waals surface area contributed by atoms with E-state index >= 15 is 0 Å². The van der Waals surface area contributed by atoms with Crippen LogP contribution in [0.2, 0.25) is 0 Å². The zero-order chi connectivity index (χ0) is 13.1. The monoisotopic (exact) mass is 255 g/mol. The van der Waals surface area contributed by atoms with Crippen molar-refractivity contribution in [1.82, 2.24) is 4.90 Å². The third kappa shape index (κ3) is 2.85. The Hall–Kier alpha value is -1.67. The maximum absolute atomic E-state index is 13.8. The van der Waals surface area contributed by atoms with Gasteiger partial charge >= 0.3 is 0 Å². The van der Waals surface area contributed by atoms with Crippen molar-refractivity contribution in [3.8, 4) is 0 Å². The first-order chi connectivity index (χ1) is 9.33. The third-order valence-electron chi connectivity index (χ3n) is 3.81. The fourth-order valence-corrected chi connectivity index (χ4v) is 2.68. The summed E-state index contributed by atoms with van der Waals surface area (Å²) in [5.41, 5.74) is 2.47. The molecule has 2 aromatic rings. The van der Waals surface area contributed by atoms with E-state index in [4.69, 9.17) is 0 Å². The lowest BCUT2D eigenvalue weighted by molar-refractivity contribution is -0.0155. The van der Waals surface area contributed by atoms with Gasteiger partial charge in [0.05, 0.1) is 0 Å². The molecule has 0 unspecified atom stereocenters. The van der Waals surface area contributed by atoms with E-state index in [1.54, 1.807) is 0 Å². The average molecular weight is 255 g/mol. The molecule has 2 aromatic carbocycles. The van der Waals surface area contributed by atoms with Gasteiger partial charge in [-0.1, -0.05) is 60.7 Å². The summed E-state index contributed by atoms with van der Waals surface area (Å²) >= 11 is 0. The number of benzene rings is 2. The third-order valence-corrected chi connectivity index (χ3v) is 3.81. The molecule has 2 heteroatoms. The Morgan fingerprint density at radius 1 is 0.895 bits per heavy atom. The van der Waals surface area contributed by atoms with Crippen LogP contribution < -0.4 is 0 Å². The number of nitrogens with zero attached hydrogens (tertiary/aromatic N) is 1. The fourth-order valence-electron chi connectivity index (χ4n) is 2.68. The summed E-state index contributed by atoms with van der Waals surface area (Å²) < 4.78 is 13.8. The second-order valence-corrected chi connectivity index (χ2v) is 5.19. The van der Waals surface area contributed by atoms with E-state index in [2.05, 4.69) is 29.2 Å². The highest BCUT2D eigenvalue weighted by molar-refractivity contribution is 5.19. The van der Waals surface area contributed by atoms with Crippen LogP contribution >= 0.6 is 0 Å². The van der Waals surface area contributed by atoms with Crippen LogP contribution in [0.1, 0.15) is 11.1 Å². The van der Waals surface area contributed by atoms with Crippen LogP contribution in [0, 0.1) is 0 Å². The number of hydrogen-bond donors (Lipinski definition) is 0. The zero-order valence-electron chi connectivity index (χ0n) is 10.9. The van der Waals surface area contributed by atoms with Crippen molar-refractivity contribution < 1.29 is 4.39 Å². The van der Waals surface area contributed by atoms with Gasteiger partial charge in [0.15, 0.2) is 0 Å². The van der Waals surface area contributed by atoms with E-state index in [0.717, 1.165) is 13.0 Å². The van der Waals surface area contributed by atoms with Crippen LogP contribution in [-0.2, 0) is 13.0 Å². The Bertz CT molecular complexity index is 511. The topological polar surface area (TPSA) is 3.24 Å². The van der Waals surface area contributed by atoms with Crippen LogP contribution in [0.4, 0.5) is 4.39 Å². The molecule has 98 valence electrons. The summed E-state index contributed by atoms with van der Waals surface area (Å²) in [5, 5.41) is 0. The molecule has 0 spiro atoms. The quantitative estimate of drug-likeness (QED) is 0.809. The molecule has 1 heterocycles. The number of hydrogen-bond acceptors (Lipinski definition) is 1. The van der Waals surface area contributed by atoms with Gasteiger partial charge in [-0.15, -0.1) is 0 Å². The molecule has 1 aliphatic heterocycles. The molecular weight excluding hydrogens is 237 g/mol. The van der Waals surface area contributed by atoms with Crippen LogP contribution in [0.5, 0.6) is 0 Å². The minimum Gasteiger partial charge on any atom is -0.290 e. The van der Waals surface area contributed by atoms with Gasteiger partial charge in [-0.2, -0.15) is 0 Å². The van der Waals surface area contributed by atoms with E-state index in [0.29, 0.717) is 6.54 Å². The van der Waals surface area contributed by atoms with Crippen molar-refractivity contribution in [3.63, 3.8) is 0 Å². The minimum absolute atomic E-state index is 0.0302. The molecule has 3 rings (SSSR count). The molecule has 0 radical (unpaired) electrons. The lowest BCUT2D eigenvalue weighted by Gasteiger charge is -2.44. The molecule has 1 fully saturated rings. The molecule has 0 amide bonds. The molecule has 0 aliphatic carbocycles. The van der Waals surface area contributed by atoms with Crippen molar-refractivity contribution in [3.05, 3.63) is 71.8 Å². The molecule has 0 bridgehead atoms. The summed E-state index contributed by atoms with van der Waals surface area (Å²) in [4.78, 5) is 2.23. The van der Waals surface area contributed by atoms with Gasteiger partial charge in [0.1, 0.15) is 6.17 Å². The number of rotatable bonds is 4. The Balaban J connectivity index is 1.64. The average Bonchev–Trinajstić information content (AvgIpc) is 2.47. The molecule has 1 nitrogen and oxygen atoms in total. The molecule has 0 N–H and O–H groups in total. The first-order valence-electron chi connectivity index (χ1n) is 6.79. The Morgan fingerprint density at radius 3 is 2.05 bits per heavy atom. The van der Waals surface area contributed by atoms with Gasteiger partial charge in [0.25, 0.3) is 0 Å². The van der Waals surface area contributed by atoms with Crippen molar-refractivity contribution in [2.75, 3.05) is 6.54 Å². The molecule has 19 heavy (non-hydrogen) atoms. The summed E-state index contributed by atoms with van der Waals surface area (Å²) in [6.45, 7) is 1.41. The van der Waals surface area contributed by atoms with Gasteiger partial charge in [0.2, 0.25) is 0 Å². The lowest BCUT2D eigenvalue weighted by Crippen LogP contribution is -2.58. The standard InChI is InChI=1S/C17H18FN/c18-16-13-19(12-15-9-5-2-6-10-15)17(16)11-14-7-3-1-4-8-14/h1-10,16-17H,11-13H2/t16-,17-/m0/s1. The van der Waals surface area contributed by atoms with Gasteiger partial charge in [0, 0.05) is 19.1 Å². The second kappa shape index (κ2) is 5.54. The van der Waals surface area contributed by atoms with E-state index < -0.39 is 6.17 Å². The van der Waals surface area contributed by atoms with Crippen LogP contribution in [0.15, 0.2) is 60.7 Å². The number of likely N-dealkylation sites (tertiary alicyclic amines) is 1. The first kappa shape index (κ1) is 12.4. The zero-order valence-corrected chi connectivity index (χ0v) is 10.9. The van der Waals surface area contributed by atoms with Crippen molar-refractivity contribution in [2.45, 2.75) is 25.2 Å². The van der Waals surface area contributed by atoms with Crippen molar-refractivity contribution in [2.24, 2.45) is 0 Å². The molecule has 1 aliphatic rings. The fraction of sp³-hybridized carbons (Fsp3) is 0.294. The van der Waals surface area contributed by atoms with Crippen LogP contribution in [0.3, 0.4) is 0 Å². The van der Waals surface area contributed by atoms with Gasteiger partial charge in [-0.05, 0) is 17.5 Å². The number of halogens is 1. The maximum atomic E-state index is 13.8. The predicted molar refractivity (Wildman–Crippen MR) is 75.7 cm³/mol. The van der Waals surface area contributed by atoms with E-state index in [9.17, 15) is 4.39 Å². The highest BCUT2D eigenvalue weighted by Crippen LogP contribution is 2.26. The van der Waals surface area contributed by atoms with Gasteiger partial charge in [-0.3, -0.25) is 4.90 Å². The maximum Gasteiger partial charge on any atom is 0.129 e. The number of alkyl halides is 1. The van der Waals surface area contributed by atoms with E-state index in [1.807, 2.05) is 36.4 Å². The predicted octanol–water partition coefficient (Wildman–Crippen LogP) is 3.45. The second-order valence-electron chi connectivity index (χ2n) is 5.19. The smallest absolute Gasteiger partial charge is 0.129 e. The summed E-state index contributed by atoms with van der Waals surface area (Å²) in [7, 11) is 0. The summed E-state index contributed by atoms with van der Waals surface area (Å²) in [5.74, 6) is 0. The van der Waals surface area contributed by atoms with Gasteiger partial charge < -0.3 is 0 Å². The minimum atomic E-state index is -0.691. The summed E-state index contributed by atoms with van der Waals surface area (Å²) in [6.07, 6.45) is 0.110. The van der Waals surface area contributed by atoms with Crippen LogP contribution in [-0.4, -0.2) is 23.7 Å². The molecular formula is C17H18FN. The van der Waals surface area contributed by atoms with E-state index in [-0.39, 0.29) is 6.04 Å². The van der Waals surface area contributed by atoms with Crippen molar-refractivity contribution in [1.29, 1.82) is 0 Å². The SMILES string of the molecule is F[C@H]1CN(Cc2ccccc2)[C@H]1Cc1ccccc1.